The summed E-state index contributed by atoms with van der Waals surface area (Å²) in [5, 5.41) is 2.96. The minimum atomic E-state index is 0.408. The summed E-state index contributed by atoms with van der Waals surface area (Å²) in [6.45, 7) is 30.5. The summed E-state index contributed by atoms with van der Waals surface area (Å²) in [7, 11) is 4.15. The molecular formula is C37H65N5OS. The fourth-order valence-electron chi connectivity index (χ4n) is 3.86. The van der Waals surface area contributed by atoms with Crippen LogP contribution in [-0.4, -0.2) is 67.7 Å². The fraction of sp³-hybridized carbons (Fsp3) is 0.514. The molecule has 0 bridgehead atoms. The number of thioether (sulfide) groups is 1. The van der Waals surface area contributed by atoms with E-state index in [0.29, 0.717) is 18.5 Å². The number of nitrogens with one attached hydrogen (secondary N) is 1. The van der Waals surface area contributed by atoms with Gasteiger partial charge in [0.15, 0.2) is 0 Å². The van der Waals surface area contributed by atoms with Crippen LogP contribution >= 0.6 is 11.8 Å². The van der Waals surface area contributed by atoms with Crippen LogP contribution in [0.1, 0.15) is 75.2 Å². The van der Waals surface area contributed by atoms with E-state index in [0.717, 1.165) is 39.0 Å². The van der Waals surface area contributed by atoms with Crippen molar-refractivity contribution in [2.45, 2.75) is 81.3 Å². The summed E-state index contributed by atoms with van der Waals surface area (Å²) in [6, 6.07) is 0. The molecule has 0 aromatic carbocycles. The minimum Gasteiger partial charge on any atom is -0.386 e. The van der Waals surface area contributed by atoms with Crippen molar-refractivity contribution in [3.8, 4) is 12.8 Å². The van der Waals surface area contributed by atoms with Crippen LogP contribution in [0.2, 0.25) is 0 Å². The van der Waals surface area contributed by atoms with Gasteiger partial charge in [0.1, 0.15) is 0 Å². The van der Waals surface area contributed by atoms with Crippen molar-refractivity contribution in [3.05, 3.63) is 94.6 Å². The maximum absolute atomic E-state index is 5.65. The molecule has 0 saturated carbocycles. The summed E-state index contributed by atoms with van der Waals surface area (Å²) < 4.78 is 5.65. The van der Waals surface area contributed by atoms with Gasteiger partial charge >= 0.3 is 0 Å². The van der Waals surface area contributed by atoms with E-state index >= 15 is 0 Å². The first-order chi connectivity index (χ1) is 21.1. The van der Waals surface area contributed by atoms with Gasteiger partial charge in [-0.15, -0.1) is 19.4 Å². The lowest BCUT2D eigenvalue weighted by molar-refractivity contribution is 0.0248. The molecule has 0 amide bonds. The minimum absolute atomic E-state index is 0.408. The highest BCUT2D eigenvalue weighted by atomic mass is 32.2. The van der Waals surface area contributed by atoms with Crippen LogP contribution in [0.4, 0.5) is 0 Å². The van der Waals surface area contributed by atoms with Gasteiger partial charge in [0.25, 0.3) is 0 Å². The van der Waals surface area contributed by atoms with E-state index in [-0.39, 0.29) is 0 Å². The molecule has 0 spiro atoms. The zero-order valence-electron chi connectivity index (χ0n) is 30.0. The molecule has 2 aliphatic rings. The summed E-state index contributed by atoms with van der Waals surface area (Å²) in [6.07, 6.45) is 27.4. The standard InChI is InChI=1S/C17H26N2S.C14H25N3O.2C2H6.C2H2/c1-8-10-17-14(4)19(11-9-2)16(15(5)20-17)12-13(3)18(6)7;1-3-12-18-14-6-10-17(11-7-14)9-5-4-8-16-13(2)15;3*1-2/h8-12H,1-7H3;3-5,14,16H,1-2,6-12,15H2;2*1-2H3;1-2H/b10-8-,11-9+,13-12+;5-4+;;;. The monoisotopic (exact) mass is 627 g/mol. The molecule has 7 heteroatoms. The van der Waals surface area contributed by atoms with Crippen molar-refractivity contribution in [3.63, 3.8) is 0 Å². The van der Waals surface area contributed by atoms with Gasteiger partial charge in [0.2, 0.25) is 0 Å². The van der Waals surface area contributed by atoms with Crippen LogP contribution in [0.25, 0.3) is 0 Å². The first kappa shape index (κ1) is 45.4. The number of terminal acetylenes is 1. The molecule has 6 nitrogen and oxygen atoms in total. The van der Waals surface area contributed by atoms with Gasteiger partial charge in [-0.2, -0.15) is 0 Å². The SMILES string of the molecule is C#C.C/C=C\C1=C(C)N(/C=C/C)C(/C=C(\C)N(C)C)=C(C)S1.C=CCOC1CCN(C/C=C/CNC(=C)N)CC1.CC.CC. The number of allylic oxidation sites excluding steroid dienone is 7. The van der Waals surface area contributed by atoms with Gasteiger partial charge in [0, 0.05) is 67.7 Å². The Morgan fingerprint density at radius 3 is 2.16 bits per heavy atom. The molecule has 1 fully saturated rings. The molecule has 0 aromatic heterocycles. The molecule has 0 aliphatic carbocycles. The number of piperidine rings is 1. The quantitative estimate of drug-likeness (QED) is 0.166. The molecule has 44 heavy (non-hydrogen) atoms. The Morgan fingerprint density at radius 2 is 1.68 bits per heavy atom. The predicted molar refractivity (Wildman–Crippen MR) is 201 cm³/mol. The van der Waals surface area contributed by atoms with Crippen molar-refractivity contribution in [2.24, 2.45) is 5.73 Å². The molecule has 2 aliphatic heterocycles. The maximum Gasteiger partial charge on any atom is 0.0888 e. The number of hydrogen-bond acceptors (Lipinski definition) is 7. The first-order valence-corrected chi connectivity index (χ1v) is 16.6. The second kappa shape index (κ2) is 30.0. The first-order valence-electron chi connectivity index (χ1n) is 15.8. The number of ether oxygens (including phenoxy) is 1. The lowest BCUT2D eigenvalue weighted by atomic mass is 10.1. The molecule has 0 radical (unpaired) electrons. The third-order valence-corrected chi connectivity index (χ3v) is 7.40. The third-order valence-electron chi connectivity index (χ3n) is 6.23. The maximum atomic E-state index is 5.65. The number of nitrogens with two attached hydrogens (primary N) is 1. The van der Waals surface area contributed by atoms with Gasteiger partial charge in [-0.25, -0.2) is 0 Å². The van der Waals surface area contributed by atoms with E-state index in [2.05, 4.69) is 137 Å². The zero-order chi connectivity index (χ0) is 34.5. The Kier molecular flexibility index (Phi) is 30.9. The summed E-state index contributed by atoms with van der Waals surface area (Å²) in [4.78, 5) is 9.47. The van der Waals surface area contributed by atoms with Crippen molar-refractivity contribution in [1.29, 1.82) is 0 Å². The van der Waals surface area contributed by atoms with Gasteiger partial charge in [-0.3, -0.25) is 4.90 Å². The highest BCUT2D eigenvalue weighted by Crippen LogP contribution is 2.40. The molecule has 0 unspecified atom stereocenters. The van der Waals surface area contributed by atoms with Crippen molar-refractivity contribution >= 4 is 11.8 Å². The molecule has 1 saturated heterocycles. The molecule has 3 N–H and O–H groups in total. The van der Waals surface area contributed by atoms with E-state index in [9.17, 15) is 0 Å². The van der Waals surface area contributed by atoms with Gasteiger partial charge in [-0.05, 0) is 53.5 Å². The summed E-state index contributed by atoms with van der Waals surface area (Å²) in [5.41, 5.74) is 9.18. The highest BCUT2D eigenvalue weighted by molar-refractivity contribution is 8.07. The van der Waals surface area contributed by atoms with Crippen molar-refractivity contribution in [1.82, 2.24) is 20.0 Å². The van der Waals surface area contributed by atoms with E-state index in [1.165, 1.54) is 26.9 Å². The number of rotatable bonds is 12. The Balaban J connectivity index is -0.000000655. The average Bonchev–Trinajstić information content (AvgIpc) is 3.03. The molecular weight excluding hydrogens is 563 g/mol. The smallest absolute Gasteiger partial charge is 0.0888 e. The van der Waals surface area contributed by atoms with Crippen LogP contribution < -0.4 is 11.1 Å². The molecule has 0 aromatic rings. The highest BCUT2D eigenvalue weighted by Gasteiger charge is 2.20. The van der Waals surface area contributed by atoms with E-state index in [1.807, 2.05) is 45.5 Å². The van der Waals surface area contributed by atoms with Crippen LogP contribution in [0.3, 0.4) is 0 Å². The summed E-state index contributed by atoms with van der Waals surface area (Å²) >= 11 is 1.84. The Labute approximate surface area is 277 Å². The number of hydrogen-bond donors (Lipinski definition) is 2. The van der Waals surface area contributed by atoms with Crippen molar-refractivity contribution < 1.29 is 4.74 Å². The van der Waals surface area contributed by atoms with E-state index < -0.39 is 0 Å². The van der Waals surface area contributed by atoms with E-state index in [4.69, 9.17) is 10.5 Å². The lowest BCUT2D eigenvalue weighted by Crippen LogP contribution is -2.37. The molecule has 0 atom stereocenters. The number of likely N-dealkylation sites (tertiary alicyclic amines) is 1. The van der Waals surface area contributed by atoms with Crippen LogP contribution in [0.5, 0.6) is 0 Å². The zero-order valence-corrected chi connectivity index (χ0v) is 30.8. The second-order valence-electron chi connectivity index (χ2n) is 9.53. The average molecular weight is 628 g/mol. The third kappa shape index (κ3) is 20.0. The topological polar surface area (TPSA) is 57.0 Å². The van der Waals surface area contributed by atoms with Gasteiger partial charge in [0.05, 0.1) is 24.2 Å². The van der Waals surface area contributed by atoms with Gasteiger partial charge in [-0.1, -0.05) is 82.5 Å². The molecule has 2 heterocycles. The normalized spacial score (nSPS) is 15.8. The van der Waals surface area contributed by atoms with Crippen LogP contribution in [-0.2, 0) is 4.74 Å². The van der Waals surface area contributed by atoms with Gasteiger partial charge < -0.3 is 25.6 Å². The Morgan fingerprint density at radius 1 is 1.09 bits per heavy atom. The predicted octanol–water partition coefficient (Wildman–Crippen LogP) is 8.60. The number of nitrogens with zero attached hydrogens (tertiary/aromatic N) is 3. The largest absolute Gasteiger partial charge is 0.386 e. The van der Waals surface area contributed by atoms with Crippen molar-refractivity contribution in [2.75, 3.05) is 46.9 Å². The lowest BCUT2D eigenvalue weighted by Gasteiger charge is -2.31. The Bertz CT molecular complexity index is 977. The van der Waals surface area contributed by atoms with Crippen LogP contribution in [0.15, 0.2) is 94.6 Å². The molecule has 250 valence electrons. The van der Waals surface area contributed by atoms with Crippen LogP contribution in [0, 0.1) is 12.8 Å². The second-order valence-corrected chi connectivity index (χ2v) is 10.8. The van der Waals surface area contributed by atoms with E-state index in [1.54, 1.807) is 0 Å². The fourth-order valence-corrected chi connectivity index (χ4v) is 4.91. The Hall–Kier alpha value is -3.05. The summed E-state index contributed by atoms with van der Waals surface area (Å²) in [5.74, 6) is 0.514. The molecule has 2 rings (SSSR count).